The minimum absolute atomic E-state index is 0.331. The summed E-state index contributed by atoms with van der Waals surface area (Å²) < 4.78 is 36.7. The van der Waals surface area contributed by atoms with Crippen molar-refractivity contribution >= 4 is 15.9 Å². The smallest absolute Gasteiger partial charge is 0.302 e. The molecule has 0 aromatic heterocycles. The molecule has 0 saturated carbocycles. The van der Waals surface area contributed by atoms with Gasteiger partial charge in [0.05, 0.1) is 6.54 Å². The normalized spacial score (nSPS) is 13.9. The largest absolute Gasteiger partial charge is 0.401 e. The van der Waals surface area contributed by atoms with Gasteiger partial charge in [0.2, 0.25) is 0 Å². The summed E-state index contributed by atoms with van der Waals surface area (Å²) in [7, 11) is 0. The summed E-state index contributed by atoms with van der Waals surface area (Å²) in [5.41, 5.74) is 0.821. The molecule has 0 saturated heterocycles. The highest BCUT2D eigenvalue weighted by Gasteiger charge is 2.27. The number of benzene rings is 1. The van der Waals surface area contributed by atoms with Gasteiger partial charge in [0, 0.05) is 10.5 Å². The Morgan fingerprint density at radius 2 is 1.93 bits per heavy atom. The summed E-state index contributed by atoms with van der Waals surface area (Å²) in [5.74, 6) is 0. The quantitative estimate of drug-likeness (QED) is 0.892. The Morgan fingerprint density at radius 3 is 2.47 bits per heavy atom. The average Bonchev–Trinajstić information content (AvgIpc) is 2.14. The van der Waals surface area contributed by atoms with Gasteiger partial charge in [-0.2, -0.15) is 13.2 Å². The van der Waals surface area contributed by atoms with Crippen LogP contribution in [-0.2, 0) is 0 Å². The average molecular weight is 282 g/mol. The second kappa shape index (κ2) is 4.99. The van der Waals surface area contributed by atoms with E-state index in [-0.39, 0.29) is 6.04 Å². The van der Waals surface area contributed by atoms with Gasteiger partial charge >= 0.3 is 6.18 Å². The van der Waals surface area contributed by atoms with E-state index in [0.717, 1.165) is 10.0 Å². The van der Waals surface area contributed by atoms with E-state index in [9.17, 15) is 13.2 Å². The van der Waals surface area contributed by atoms with Crippen molar-refractivity contribution in [3.8, 4) is 0 Å². The van der Waals surface area contributed by atoms with Crippen molar-refractivity contribution in [3.05, 3.63) is 34.3 Å². The Hall–Kier alpha value is -0.550. The van der Waals surface area contributed by atoms with Crippen molar-refractivity contribution in [2.24, 2.45) is 0 Å². The summed E-state index contributed by atoms with van der Waals surface area (Å²) in [6.45, 7) is 0.724. The van der Waals surface area contributed by atoms with E-state index in [1.54, 1.807) is 25.1 Å². The third-order valence-corrected chi connectivity index (χ3v) is 2.70. The van der Waals surface area contributed by atoms with Crippen LogP contribution in [0.5, 0.6) is 0 Å². The van der Waals surface area contributed by atoms with E-state index >= 15 is 0 Å². The van der Waals surface area contributed by atoms with Gasteiger partial charge in [-0.25, -0.2) is 0 Å². The number of alkyl halides is 3. The molecule has 0 amide bonds. The first-order valence-electron chi connectivity index (χ1n) is 4.45. The molecule has 15 heavy (non-hydrogen) atoms. The van der Waals surface area contributed by atoms with Crippen LogP contribution < -0.4 is 5.32 Å². The van der Waals surface area contributed by atoms with Crippen molar-refractivity contribution in [2.75, 3.05) is 6.54 Å². The molecule has 84 valence electrons. The van der Waals surface area contributed by atoms with Crippen LogP contribution >= 0.6 is 15.9 Å². The van der Waals surface area contributed by atoms with Gasteiger partial charge in [0.25, 0.3) is 0 Å². The molecule has 0 unspecified atom stereocenters. The van der Waals surface area contributed by atoms with Gasteiger partial charge in [-0.1, -0.05) is 34.1 Å². The maximum Gasteiger partial charge on any atom is 0.401 e. The van der Waals surface area contributed by atoms with Gasteiger partial charge < -0.3 is 5.32 Å². The van der Waals surface area contributed by atoms with Crippen molar-refractivity contribution < 1.29 is 13.2 Å². The molecule has 5 heteroatoms. The van der Waals surface area contributed by atoms with E-state index in [1.807, 2.05) is 6.07 Å². The Balaban J connectivity index is 2.62. The summed E-state index contributed by atoms with van der Waals surface area (Å²) >= 11 is 3.30. The molecular formula is C10H11BrF3N. The van der Waals surface area contributed by atoms with E-state index in [0.29, 0.717) is 0 Å². The first-order chi connectivity index (χ1) is 6.90. The van der Waals surface area contributed by atoms with Gasteiger partial charge in [0.15, 0.2) is 0 Å². The van der Waals surface area contributed by atoms with Gasteiger partial charge in [-0.3, -0.25) is 0 Å². The number of hydrogen-bond acceptors (Lipinski definition) is 1. The second-order valence-corrected chi connectivity index (χ2v) is 4.09. The van der Waals surface area contributed by atoms with Crippen molar-refractivity contribution in [2.45, 2.75) is 19.1 Å². The van der Waals surface area contributed by atoms with Crippen LogP contribution in [0.15, 0.2) is 28.7 Å². The van der Waals surface area contributed by atoms with Crippen molar-refractivity contribution in [1.29, 1.82) is 0 Å². The molecule has 1 N–H and O–H groups in total. The fourth-order valence-electron chi connectivity index (χ4n) is 1.21. The molecule has 0 radical (unpaired) electrons. The molecule has 0 spiro atoms. The highest BCUT2D eigenvalue weighted by Crippen LogP contribution is 2.23. The predicted octanol–water partition coefficient (Wildman–Crippen LogP) is 3.66. The zero-order valence-corrected chi connectivity index (χ0v) is 9.69. The van der Waals surface area contributed by atoms with Crippen LogP contribution in [0.25, 0.3) is 0 Å². The molecule has 0 heterocycles. The first kappa shape index (κ1) is 12.5. The molecular weight excluding hydrogens is 271 g/mol. The molecule has 0 fully saturated rings. The number of halogens is 4. The fourth-order valence-corrected chi connectivity index (χ4v) is 1.83. The second-order valence-electron chi connectivity index (χ2n) is 3.24. The maximum atomic E-state index is 12.0. The first-order valence-corrected chi connectivity index (χ1v) is 5.24. The molecule has 0 bridgehead atoms. The summed E-state index contributed by atoms with van der Waals surface area (Å²) in [4.78, 5) is 0. The third-order valence-electron chi connectivity index (χ3n) is 1.98. The lowest BCUT2D eigenvalue weighted by molar-refractivity contribution is -0.126. The lowest BCUT2D eigenvalue weighted by Gasteiger charge is -2.16. The molecule has 0 aliphatic carbocycles. The number of hydrogen-bond donors (Lipinski definition) is 1. The van der Waals surface area contributed by atoms with E-state index in [2.05, 4.69) is 21.2 Å². The molecule has 1 atom stereocenters. The van der Waals surface area contributed by atoms with Crippen LogP contribution in [0, 0.1) is 0 Å². The Bertz CT molecular complexity index is 325. The van der Waals surface area contributed by atoms with Crippen molar-refractivity contribution in [1.82, 2.24) is 5.32 Å². The standard InChI is InChI=1S/C10H11BrF3N/c1-7(15-6-10(12,13)14)8-4-2-3-5-9(8)11/h2-5,7,15H,6H2,1H3/t7-/m0/s1. The lowest BCUT2D eigenvalue weighted by atomic mass is 10.1. The van der Waals surface area contributed by atoms with Gasteiger partial charge in [-0.15, -0.1) is 0 Å². The molecule has 1 aromatic rings. The molecule has 0 aliphatic rings. The minimum Gasteiger partial charge on any atom is -0.302 e. The van der Waals surface area contributed by atoms with Crippen LogP contribution in [0.1, 0.15) is 18.5 Å². The Morgan fingerprint density at radius 1 is 1.33 bits per heavy atom. The highest BCUT2D eigenvalue weighted by atomic mass is 79.9. The minimum atomic E-state index is -4.17. The zero-order valence-electron chi connectivity index (χ0n) is 8.11. The Kier molecular flexibility index (Phi) is 4.16. The maximum absolute atomic E-state index is 12.0. The van der Waals surface area contributed by atoms with Crippen molar-refractivity contribution in [3.63, 3.8) is 0 Å². The predicted molar refractivity (Wildman–Crippen MR) is 56.6 cm³/mol. The van der Waals surface area contributed by atoms with Crippen LogP contribution in [0.3, 0.4) is 0 Å². The topological polar surface area (TPSA) is 12.0 Å². The summed E-state index contributed by atoms with van der Waals surface area (Å²) in [5, 5.41) is 2.42. The number of rotatable bonds is 3. The lowest BCUT2D eigenvalue weighted by Crippen LogP contribution is -2.30. The van der Waals surface area contributed by atoms with E-state index in [4.69, 9.17) is 0 Å². The summed E-state index contributed by atoms with van der Waals surface area (Å²) in [6, 6.07) is 6.89. The fraction of sp³-hybridized carbons (Fsp3) is 0.400. The van der Waals surface area contributed by atoms with Crippen LogP contribution in [0.2, 0.25) is 0 Å². The highest BCUT2D eigenvalue weighted by molar-refractivity contribution is 9.10. The molecule has 0 aliphatic heterocycles. The molecule has 1 aromatic carbocycles. The third kappa shape index (κ3) is 4.22. The van der Waals surface area contributed by atoms with E-state index < -0.39 is 12.7 Å². The van der Waals surface area contributed by atoms with Crippen LogP contribution in [0.4, 0.5) is 13.2 Å². The monoisotopic (exact) mass is 281 g/mol. The zero-order chi connectivity index (χ0) is 11.5. The van der Waals surface area contributed by atoms with Crippen LogP contribution in [-0.4, -0.2) is 12.7 Å². The number of nitrogens with one attached hydrogen (secondary N) is 1. The van der Waals surface area contributed by atoms with E-state index in [1.165, 1.54) is 0 Å². The molecule has 1 nitrogen and oxygen atoms in total. The Labute approximate surface area is 94.8 Å². The summed E-state index contributed by atoms with van der Waals surface area (Å²) in [6.07, 6.45) is -4.17. The van der Waals surface area contributed by atoms with Gasteiger partial charge in [-0.05, 0) is 18.6 Å². The molecule has 1 rings (SSSR count). The SMILES string of the molecule is C[C@H](NCC(F)(F)F)c1ccccc1Br. The van der Waals surface area contributed by atoms with Gasteiger partial charge in [0.1, 0.15) is 0 Å².